The van der Waals surface area contributed by atoms with Crippen LogP contribution in [-0.2, 0) is 11.3 Å². The van der Waals surface area contributed by atoms with Crippen LogP contribution in [0, 0.1) is 11.6 Å². The third kappa shape index (κ3) is 6.53. The van der Waals surface area contributed by atoms with Crippen LogP contribution in [0.4, 0.5) is 33.9 Å². The number of halogens is 4. The molecular weight excluding hydrogens is 602 g/mol. The van der Waals surface area contributed by atoms with E-state index in [1.807, 2.05) is 0 Å². The molecule has 1 amide bonds. The number of aliphatic hydroxyl groups excluding tert-OH is 1. The van der Waals surface area contributed by atoms with Crippen molar-refractivity contribution in [1.82, 2.24) is 29.8 Å². The lowest BCUT2D eigenvalue weighted by molar-refractivity contribution is -0.0529. The maximum Gasteiger partial charge on any atom is 0.408 e. The van der Waals surface area contributed by atoms with Crippen molar-refractivity contribution < 1.29 is 36.9 Å². The SMILES string of the molecule is CNC(=O)OCNc1ncnc2c1ncn2Cc1cc(-c2cc(F)c(OC)cc2F)ncc1N1CCC[C@](N)([C@H](O)C(F)F)C1. The number of benzene rings is 1. The number of anilines is 2. The number of pyridine rings is 1. The predicted molar refractivity (Wildman–Crippen MR) is 155 cm³/mol. The van der Waals surface area contributed by atoms with Gasteiger partial charge in [-0.3, -0.25) is 4.98 Å². The van der Waals surface area contributed by atoms with E-state index in [9.17, 15) is 23.1 Å². The molecule has 5 N–H and O–H groups in total. The Hall–Kier alpha value is -4.77. The second-order valence-electron chi connectivity index (χ2n) is 10.5. The summed E-state index contributed by atoms with van der Waals surface area (Å²) in [6.07, 6.45) is -0.938. The van der Waals surface area contributed by atoms with E-state index in [4.69, 9.17) is 15.2 Å². The molecule has 4 heterocycles. The fraction of sp³-hybridized carbons (Fsp3) is 0.393. The van der Waals surface area contributed by atoms with Gasteiger partial charge < -0.3 is 40.4 Å². The number of nitrogens with two attached hydrogens (primary N) is 1. The number of amides is 1. The van der Waals surface area contributed by atoms with Gasteiger partial charge in [-0.25, -0.2) is 37.3 Å². The number of carbonyl (C=O) groups is 1. The number of nitrogens with zero attached hydrogens (tertiary/aromatic N) is 6. The molecule has 13 nitrogen and oxygen atoms in total. The zero-order valence-electron chi connectivity index (χ0n) is 24.3. The van der Waals surface area contributed by atoms with Gasteiger partial charge in [0.05, 0.1) is 43.1 Å². The van der Waals surface area contributed by atoms with Gasteiger partial charge in [-0.15, -0.1) is 0 Å². The Kier molecular flexibility index (Phi) is 9.19. The number of methoxy groups -OCH3 is 1. The van der Waals surface area contributed by atoms with Gasteiger partial charge >= 0.3 is 6.09 Å². The third-order valence-electron chi connectivity index (χ3n) is 7.60. The molecule has 1 saturated heterocycles. The number of fused-ring (bicyclic) bond motifs is 1. The van der Waals surface area contributed by atoms with Crippen LogP contribution in [0.25, 0.3) is 22.4 Å². The molecular formula is C28H31F4N9O4. The monoisotopic (exact) mass is 633 g/mol. The summed E-state index contributed by atoms with van der Waals surface area (Å²) < 4.78 is 68.2. The third-order valence-corrected chi connectivity index (χ3v) is 7.60. The molecule has 45 heavy (non-hydrogen) atoms. The normalized spacial score (nSPS) is 17.4. The van der Waals surface area contributed by atoms with E-state index in [-0.39, 0.29) is 43.2 Å². The molecule has 1 aromatic carbocycles. The summed E-state index contributed by atoms with van der Waals surface area (Å²) in [5.41, 5.74) is 6.43. The zero-order chi connectivity index (χ0) is 32.3. The average molecular weight is 634 g/mol. The minimum Gasteiger partial charge on any atom is -0.494 e. The lowest BCUT2D eigenvalue weighted by atomic mass is 9.84. The number of piperidine rings is 1. The Morgan fingerprint density at radius 2 is 1.98 bits per heavy atom. The Labute approximate surface area is 254 Å². The molecule has 3 aromatic heterocycles. The standard InChI is InChI=1S/C28H31F4N9O4/c1-34-27(43)45-14-39-25-22-26(37-12-36-25)41(13-38-22)10-15-6-19(16-7-18(30)21(44-2)8-17(16)29)35-9-20(15)40-5-3-4-28(33,11-40)23(42)24(31)32/h6-9,12-13,23-24,42H,3-5,10-11,14,33H2,1-2H3,(H,34,43)(H,36,37,39)/t23-,28-/m1/s1. The Morgan fingerprint density at radius 3 is 2.71 bits per heavy atom. The lowest BCUT2D eigenvalue weighted by Gasteiger charge is -2.44. The summed E-state index contributed by atoms with van der Waals surface area (Å²) in [5.74, 6) is -1.54. The molecule has 5 rings (SSSR count). The summed E-state index contributed by atoms with van der Waals surface area (Å²) in [4.78, 5) is 30.4. The number of carbonyl (C=O) groups excluding carboxylic acids is 1. The molecule has 1 fully saturated rings. The summed E-state index contributed by atoms with van der Waals surface area (Å²) in [6.45, 7) is 0.198. The highest BCUT2D eigenvalue weighted by Gasteiger charge is 2.43. The van der Waals surface area contributed by atoms with Gasteiger partial charge in [0.2, 0.25) is 0 Å². The second kappa shape index (κ2) is 13.1. The molecule has 17 heteroatoms. The highest BCUT2D eigenvalue weighted by Crippen LogP contribution is 2.35. The van der Waals surface area contributed by atoms with Gasteiger partial charge in [0, 0.05) is 31.8 Å². The fourth-order valence-corrected chi connectivity index (χ4v) is 5.29. The first kappa shape index (κ1) is 31.6. The number of alkyl carbamates (subject to hydrolysis) is 1. The number of aliphatic hydroxyl groups is 1. The number of aromatic nitrogens is 5. The van der Waals surface area contributed by atoms with E-state index in [2.05, 4.69) is 30.6 Å². The quantitative estimate of drug-likeness (QED) is 0.150. The zero-order valence-corrected chi connectivity index (χ0v) is 24.3. The van der Waals surface area contributed by atoms with Gasteiger partial charge in [0.15, 0.2) is 35.3 Å². The number of hydrogen-bond donors (Lipinski definition) is 4. The first-order valence-electron chi connectivity index (χ1n) is 13.8. The minimum atomic E-state index is -3.04. The molecule has 0 saturated carbocycles. The molecule has 0 radical (unpaired) electrons. The number of rotatable bonds is 10. The molecule has 240 valence electrons. The van der Waals surface area contributed by atoms with Crippen LogP contribution in [0.2, 0.25) is 0 Å². The second-order valence-corrected chi connectivity index (χ2v) is 10.5. The van der Waals surface area contributed by atoms with Crippen LogP contribution in [0.1, 0.15) is 18.4 Å². The van der Waals surface area contributed by atoms with E-state index in [1.54, 1.807) is 15.5 Å². The van der Waals surface area contributed by atoms with E-state index in [0.717, 1.165) is 12.1 Å². The maximum atomic E-state index is 15.1. The molecule has 0 bridgehead atoms. The van der Waals surface area contributed by atoms with Gasteiger partial charge in [0.25, 0.3) is 6.43 Å². The fourth-order valence-electron chi connectivity index (χ4n) is 5.29. The van der Waals surface area contributed by atoms with Gasteiger partial charge in [-0.05, 0) is 30.5 Å². The number of ether oxygens (including phenoxy) is 2. The van der Waals surface area contributed by atoms with Crippen molar-refractivity contribution >= 4 is 28.8 Å². The van der Waals surface area contributed by atoms with Crippen LogP contribution < -0.4 is 26.0 Å². The van der Waals surface area contributed by atoms with Crippen molar-refractivity contribution in [1.29, 1.82) is 0 Å². The Balaban J connectivity index is 1.54. The molecule has 0 unspecified atom stereocenters. The molecule has 4 aromatic rings. The molecule has 1 aliphatic rings. The highest BCUT2D eigenvalue weighted by atomic mass is 19.3. The number of hydrogen-bond acceptors (Lipinski definition) is 11. The van der Waals surface area contributed by atoms with Crippen LogP contribution in [0.5, 0.6) is 5.75 Å². The number of nitrogens with one attached hydrogen (secondary N) is 2. The van der Waals surface area contributed by atoms with Gasteiger partial charge in [-0.1, -0.05) is 0 Å². The summed E-state index contributed by atoms with van der Waals surface area (Å²) in [6, 6.07) is 3.45. The van der Waals surface area contributed by atoms with Crippen molar-refractivity contribution in [3.8, 4) is 17.0 Å². The molecule has 0 aliphatic carbocycles. The van der Waals surface area contributed by atoms with Crippen LogP contribution in [-0.4, -0.2) is 87.7 Å². The smallest absolute Gasteiger partial charge is 0.408 e. The van der Waals surface area contributed by atoms with Crippen LogP contribution in [0.15, 0.2) is 37.1 Å². The van der Waals surface area contributed by atoms with Crippen molar-refractivity contribution in [2.45, 2.75) is 37.5 Å². The van der Waals surface area contributed by atoms with Crippen molar-refractivity contribution in [2.75, 3.05) is 44.2 Å². The average Bonchev–Trinajstić information content (AvgIpc) is 3.44. The van der Waals surface area contributed by atoms with E-state index in [0.29, 0.717) is 41.2 Å². The first-order valence-corrected chi connectivity index (χ1v) is 13.8. The summed E-state index contributed by atoms with van der Waals surface area (Å²) in [7, 11) is 2.64. The molecule has 1 aliphatic heterocycles. The van der Waals surface area contributed by atoms with E-state index in [1.165, 1.54) is 33.0 Å². The van der Waals surface area contributed by atoms with Crippen LogP contribution >= 0.6 is 0 Å². The highest BCUT2D eigenvalue weighted by molar-refractivity contribution is 5.83. The first-order chi connectivity index (χ1) is 21.5. The van der Waals surface area contributed by atoms with Crippen molar-refractivity contribution in [3.05, 3.63) is 54.2 Å². The Morgan fingerprint density at radius 1 is 1.18 bits per heavy atom. The van der Waals surface area contributed by atoms with Crippen molar-refractivity contribution in [2.24, 2.45) is 5.73 Å². The molecule has 0 spiro atoms. The minimum absolute atomic E-state index is 0.0816. The summed E-state index contributed by atoms with van der Waals surface area (Å²) in [5, 5.41) is 15.4. The lowest BCUT2D eigenvalue weighted by Crippen LogP contribution is -2.63. The van der Waals surface area contributed by atoms with Crippen LogP contribution in [0.3, 0.4) is 0 Å². The molecule has 2 atom stereocenters. The number of imidazole rings is 1. The van der Waals surface area contributed by atoms with E-state index >= 15 is 4.39 Å². The van der Waals surface area contributed by atoms with Gasteiger partial charge in [-0.2, -0.15) is 0 Å². The van der Waals surface area contributed by atoms with E-state index < -0.39 is 35.8 Å². The maximum absolute atomic E-state index is 15.1. The van der Waals surface area contributed by atoms with Crippen molar-refractivity contribution in [3.63, 3.8) is 0 Å². The predicted octanol–water partition coefficient (Wildman–Crippen LogP) is 2.87. The Bertz CT molecular complexity index is 1690. The number of alkyl halides is 2. The topological polar surface area (TPSA) is 166 Å². The largest absolute Gasteiger partial charge is 0.494 e. The van der Waals surface area contributed by atoms with Gasteiger partial charge in [0.1, 0.15) is 18.2 Å². The summed E-state index contributed by atoms with van der Waals surface area (Å²) >= 11 is 0.